The van der Waals surface area contributed by atoms with Crippen LogP contribution in [0.5, 0.6) is 5.75 Å². The van der Waals surface area contributed by atoms with Crippen LogP contribution in [0.3, 0.4) is 0 Å². The first kappa shape index (κ1) is 20.6. The number of aliphatic hydroxyl groups is 1. The summed E-state index contributed by atoms with van der Waals surface area (Å²) in [6.07, 6.45) is 0. The van der Waals surface area contributed by atoms with E-state index in [0.717, 1.165) is 0 Å². The predicted octanol–water partition coefficient (Wildman–Crippen LogP) is 5.12. The maximum Gasteiger partial charge on any atom is 0.300 e. The maximum absolute atomic E-state index is 13.7. The summed E-state index contributed by atoms with van der Waals surface area (Å²) in [6.45, 7) is 1.53. The van der Waals surface area contributed by atoms with Crippen LogP contribution in [0.2, 0.25) is 5.02 Å². The van der Waals surface area contributed by atoms with E-state index in [1.807, 2.05) is 0 Å². The lowest BCUT2D eigenvalue weighted by molar-refractivity contribution is -0.132. The van der Waals surface area contributed by atoms with Crippen LogP contribution in [-0.2, 0) is 9.59 Å². The van der Waals surface area contributed by atoms with E-state index in [1.54, 1.807) is 36.4 Å². The van der Waals surface area contributed by atoms with Gasteiger partial charge in [0.1, 0.15) is 17.3 Å². The molecule has 3 aromatic carbocycles. The van der Waals surface area contributed by atoms with Crippen LogP contribution in [0.15, 0.2) is 72.3 Å². The summed E-state index contributed by atoms with van der Waals surface area (Å²) in [4.78, 5) is 27.3. The molecule has 1 amide bonds. The Morgan fingerprint density at radius 1 is 1.03 bits per heavy atom. The van der Waals surface area contributed by atoms with Crippen molar-refractivity contribution in [1.29, 1.82) is 0 Å². The first-order valence-corrected chi connectivity index (χ1v) is 9.77. The van der Waals surface area contributed by atoms with Gasteiger partial charge in [0.05, 0.1) is 11.6 Å². The second-order valence-corrected chi connectivity index (χ2v) is 7.64. The molecule has 1 saturated heterocycles. The van der Waals surface area contributed by atoms with Crippen LogP contribution < -0.4 is 4.90 Å². The number of halogens is 2. The molecule has 5 nitrogen and oxygen atoms in total. The van der Waals surface area contributed by atoms with Gasteiger partial charge in [0.15, 0.2) is 0 Å². The van der Waals surface area contributed by atoms with Gasteiger partial charge in [0.25, 0.3) is 11.7 Å². The number of anilines is 1. The average Bonchev–Trinajstić information content (AvgIpc) is 3.01. The van der Waals surface area contributed by atoms with Crippen molar-refractivity contribution in [3.63, 3.8) is 0 Å². The van der Waals surface area contributed by atoms with E-state index >= 15 is 0 Å². The Morgan fingerprint density at radius 2 is 1.74 bits per heavy atom. The second kappa shape index (κ2) is 7.89. The van der Waals surface area contributed by atoms with E-state index < -0.39 is 29.3 Å². The summed E-state index contributed by atoms with van der Waals surface area (Å²) < 4.78 is 13.7. The molecule has 156 valence electrons. The SMILES string of the molecule is Cc1cc(/C(O)=C2/C(=O)C(=O)N(c3ccc(Cl)cc3)C2c2cccc(O)c2)ccc1F. The van der Waals surface area contributed by atoms with Gasteiger partial charge in [0, 0.05) is 16.3 Å². The summed E-state index contributed by atoms with van der Waals surface area (Å²) in [7, 11) is 0. The zero-order chi connectivity index (χ0) is 22.3. The first-order valence-electron chi connectivity index (χ1n) is 9.40. The fourth-order valence-electron chi connectivity index (χ4n) is 3.66. The van der Waals surface area contributed by atoms with Gasteiger partial charge < -0.3 is 10.2 Å². The standard InChI is InChI=1S/C24H17ClFNO4/c1-13-11-15(5-10-19(13)26)22(29)20-21(14-3-2-4-18(28)12-14)27(24(31)23(20)30)17-8-6-16(25)7-9-17/h2-12,21,28-29H,1H3/b22-20-. The number of carbonyl (C=O) groups excluding carboxylic acids is 2. The van der Waals surface area contributed by atoms with Gasteiger partial charge in [0.2, 0.25) is 0 Å². The minimum absolute atomic E-state index is 0.0585. The van der Waals surface area contributed by atoms with E-state index in [1.165, 1.54) is 42.2 Å². The molecule has 1 aliphatic heterocycles. The zero-order valence-electron chi connectivity index (χ0n) is 16.3. The third-order valence-electron chi connectivity index (χ3n) is 5.17. The number of hydrogen-bond donors (Lipinski definition) is 2. The van der Waals surface area contributed by atoms with Crippen molar-refractivity contribution in [3.05, 3.63) is 99.8 Å². The summed E-state index contributed by atoms with van der Waals surface area (Å²) in [5.41, 5.74) is 1.16. The number of aliphatic hydroxyl groups excluding tert-OH is 1. The summed E-state index contributed by atoms with van der Waals surface area (Å²) >= 11 is 5.96. The lowest BCUT2D eigenvalue weighted by Gasteiger charge is -2.25. The van der Waals surface area contributed by atoms with E-state index in [-0.39, 0.29) is 22.4 Å². The van der Waals surface area contributed by atoms with Crippen molar-refractivity contribution in [3.8, 4) is 5.75 Å². The number of Topliss-reactive ketones (excluding diaryl/α,β-unsaturated/α-hetero) is 1. The monoisotopic (exact) mass is 437 g/mol. The third-order valence-corrected chi connectivity index (χ3v) is 5.42. The number of aromatic hydroxyl groups is 1. The number of benzene rings is 3. The fourth-order valence-corrected chi connectivity index (χ4v) is 3.78. The van der Waals surface area contributed by atoms with Crippen LogP contribution in [0.1, 0.15) is 22.7 Å². The molecule has 0 aliphatic carbocycles. The van der Waals surface area contributed by atoms with E-state index in [0.29, 0.717) is 16.3 Å². The van der Waals surface area contributed by atoms with Gasteiger partial charge in [-0.05, 0) is 72.6 Å². The number of carbonyl (C=O) groups is 2. The van der Waals surface area contributed by atoms with Crippen molar-refractivity contribution in [2.45, 2.75) is 13.0 Å². The Balaban J connectivity index is 1.96. The van der Waals surface area contributed by atoms with Crippen molar-refractivity contribution in [2.24, 2.45) is 0 Å². The minimum atomic E-state index is -1.00. The van der Waals surface area contributed by atoms with Crippen LogP contribution in [0.4, 0.5) is 10.1 Å². The number of ketones is 1. The maximum atomic E-state index is 13.7. The molecule has 1 heterocycles. The largest absolute Gasteiger partial charge is 0.508 e. The molecule has 31 heavy (non-hydrogen) atoms. The number of hydrogen-bond acceptors (Lipinski definition) is 4. The van der Waals surface area contributed by atoms with E-state index in [9.17, 15) is 24.2 Å². The Morgan fingerprint density at radius 3 is 2.39 bits per heavy atom. The van der Waals surface area contributed by atoms with Crippen molar-refractivity contribution in [1.82, 2.24) is 0 Å². The predicted molar refractivity (Wildman–Crippen MR) is 115 cm³/mol. The van der Waals surface area contributed by atoms with Crippen LogP contribution in [0, 0.1) is 12.7 Å². The molecule has 0 bridgehead atoms. The summed E-state index contributed by atoms with van der Waals surface area (Å²) in [5, 5.41) is 21.4. The average molecular weight is 438 g/mol. The molecule has 7 heteroatoms. The minimum Gasteiger partial charge on any atom is -0.508 e. The lowest BCUT2D eigenvalue weighted by atomic mass is 9.94. The topological polar surface area (TPSA) is 77.8 Å². The van der Waals surface area contributed by atoms with Crippen molar-refractivity contribution < 1.29 is 24.2 Å². The van der Waals surface area contributed by atoms with Crippen LogP contribution in [0.25, 0.3) is 5.76 Å². The quantitative estimate of drug-likeness (QED) is 0.338. The molecular formula is C24H17ClFNO4. The molecule has 0 saturated carbocycles. The normalized spacial score (nSPS) is 17.9. The second-order valence-electron chi connectivity index (χ2n) is 7.20. The number of nitrogens with zero attached hydrogens (tertiary/aromatic N) is 1. The van der Waals surface area contributed by atoms with Gasteiger partial charge >= 0.3 is 0 Å². The number of aryl methyl sites for hydroxylation is 1. The van der Waals surface area contributed by atoms with Gasteiger partial charge in [-0.1, -0.05) is 23.7 Å². The molecule has 1 fully saturated rings. The van der Waals surface area contributed by atoms with Crippen LogP contribution >= 0.6 is 11.6 Å². The fraction of sp³-hybridized carbons (Fsp3) is 0.0833. The molecule has 1 unspecified atom stereocenters. The third kappa shape index (κ3) is 3.66. The Labute approximate surface area is 182 Å². The highest BCUT2D eigenvalue weighted by molar-refractivity contribution is 6.51. The van der Waals surface area contributed by atoms with Gasteiger partial charge in [-0.15, -0.1) is 0 Å². The summed E-state index contributed by atoms with van der Waals surface area (Å²) in [5.74, 6) is -2.66. The summed E-state index contributed by atoms with van der Waals surface area (Å²) in [6, 6.07) is 15.4. The smallest absolute Gasteiger partial charge is 0.300 e. The Bertz CT molecular complexity index is 1240. The molecule has 1 atom stereocenters. The van der Waals surface area contributed by atoms with E-state index in [4.69, 9.17) is 11.6 Å². The highest BCUT2D eigenvalue weighted by Gasteiger charge is 2.47. The molecule has 0 aromatic heterocycles. The Hall–Kier alpha value is -3.64. The molecule has 0 radical (unpaired) electrons. The molecular weight excluding hydrogens is 421 g/mol. The molecule has 2 N–H and O–H groups in total. The zero-order valence-corrected chi connectivity index (χ0v) is 17.1. The highest BCUT2D eigenvalue weighted by Crippen LogP contribution is 2.43. The highest BCUT2D eigenvalue weighted by atomic mass is 35.5. The first-order chi connectivity index (χ1) is 14.8. The van der Waals surface area contributed by atoms with Crippen molar-refractivity contribution in [2.75, 3.05) is 4.90 Å². The molecule has 0 spiro atoms. The van der Waals surface area contributed by atoms with Gasteiger partial charge in [-0.25, -0.2) is 4.39 Å². The molecule has 4 rings (SSSR count). The van der Waals surface area contributed by atoms with Gasteiger partial charge in [-0.3, -0.25) is 14.5 Å². The molecule has 1 aliphatic rings. The number of phenols is 1. The van der Waals surface area contributed by atoms with Crippen molar-refractivity contribution >= 4 is 34.7 Å². The number of phenolic OH excluding ortho intramolecular Hbond substituents is 1. The van der Waals surface area contributed by atoms with Crippen LogP contribution in [-0.4, -0.2) is 21.9 Å². The van der Waals surface area contributed by atoms with Gasteiger partial charge in [-0.2, -0.15) is 0 Å². The Kier molecular flexibility index (Phi) is 5.25. The van der Waals surface area contributed by atoms with E-state index in [2.05, 4.69) is 0 Å². The number of rotatable bonds is 3. The number of amides is 1. The molecule has 3 aromatic rings. The lowest BCUT2D eigenvalue weighted by Crippen LogP contribution is -2.29.